The van der Waals surface area contributed by atoms with Crippen molar-refractivity contribution in [2.75, 3.05) is 6.61 Å². The van der Waals surface area contributed by atoms with Gasteiger partial charge in [-0.15, -0.1) is 0 Å². The number of aromatic carboxylic acids is 1. The van der Waals surface area contributed by atoms with Crippen LogP contribution in [0.4, 0.5) is 0 Å². The molecule has 0 unspecified atom stereocenters. The minimum atomic E-state index is -1.15. The first-order valence-corrected chi connectivity index (χ1v) is 6.64. The van der Waals surface area contributed by atoms with Crippen molar-refractivity contribution in [1.29, 1.82) is 0 Å². The second kappa shape index (κ2) is 5.17. The molecule has 5 nitrogen and oxygen atoms in total. The highest BCUT2D eigenvalue weighted by molar-refractivity contribution is 6.32. The SMILES string of the molecule is O=C(O)c1cc(-c2ccc(Cl)c(OCC3CC3)c2)no1. The predicted molar refractivity (Wildman–Crippen MR) is 72.1 cm³/mol. The molecule has 1 N–H and O–H groups in total. The number of hydrogen-bond donors (Lipinski definition) is 1. The molecule has 1 saturated carbocycles. The number of hydrogen-bond acceptors (Lipinski definition) is 4. The Labute approximate surface area is 120 Å². The fraction of sp³-hybridized carbons (Fsp3) is 0.286. The van der Waals surface area contributed by atoms with Gasteiger partial charge in [0.05, 0.1) is 11.6 Å². The molecule has 1 aromatic heterocycles. The Balaban J connectivity index is 1.84. The fourth-order valence-corrected chi connectivity index (χ4v) is 1.95. The molecule has 1 fully saturated rings. The molecule has 0 radical (unpaired) electrons. The Morgan fingerprint density at radius 2 is 2.25 bits per heavy atom. The Morgan fingerprint density at radius 1 is 1.45 bits per heavy atom. The average Bonchev–Trinajstić information content (AvgIpc) is 3.12. The van der Waals surface area contributed by atoms with E-state index in [0.29, 0.717) is 34.6 Å². The van der Waals surface area contributed by atoms with Crippen LogP contribution in [0.25, 0.3) is 11.3 Å². The molecule has 1 aliphatic rings. The number of rotatable bonds is 5. The fourth-order valence-electron chi connectivity index (χ4n) is 1.78. The van der Waals surface area contributed by atoms with E-state index in [4.69, 9.17) is 26.0 Å². The molecule has 104 valence electrons. The van der Waals surface area contributed by atoms with Crippen molar-refractivity contribution in [3.05, 3.63) is 35.0 Å². The normalized spacial score (nSPS) is 14.2. The molecule has 2 aromatic rings. The summed E-state index contributed by atoms with van der Waals surface area (Å²) >= 11 is 6.08. The molecule has 3 rings (SSSR count). The zero-order valence-corrected chi connectivity index (χ0v) is 11.3. The van der Waals surface area contributed by atoms with Gasteiger partial charge in [0.1, 0.15) is 11.4 Å². The summed E-state index contributed by atoms with van der Waals surface area (Å²) in [6, 6.07) is 6.56. The molecule has 6 heteroatoms. The Bertz CT molecular complexity index is 648. The topological polar surface area (TPSA) is 72.6 Å². The van der Waals surface area contributed by atoms with Crippen LogP contribution in [-0.4, -0.2) is 22.8 Å². The summed E-state index contributed by atoms with van der Waals surface area (Å²) in [5.41, 5.74) is 1.15. The maximum atomic E-state index is 10.8. The lowest BCUT2D eigenvalue weighted by Crippen LogP contribution is -1.99. The van der Waals surface area contributed by atoms with E-state index < -0.39 is 5.97 Å². The molecule has 0 atom stereocenters. The van der Waals surface area contributed by atoms with Gasteiger partial charge < -0.3 is 14.4 Å². The molecule has 1 aliphatic carbocycles. The molecular formula is C14H12ClNO4. The van der Waals surface area contributed by atoms with Crippen molar-refractivity contribution in [2.24, 2.45) is 5.92 Å². The van der Waals surface area contributed by atoms with Gasteiger partial charge in [-0.1, -0.05) is 22.8 Å². The number of ether oxygens (including phenoxy) is 1. The Hall–Kier alpha value is -2.01. The third-order valence-electron chi connectivity index (χ3n) is 3.12. The highest BCUT2D eigenvalue weighted by Gasteiger charge is 2.22. The monoisotopic (exact) mass is 293 g/mol. The molecule has 20 heavy (non-hydrogen) atoms. The van der Waals surface area contributed by atoms with Gasteiger partial charge in [0, 0.05) is 11.6 Å². The molecule has 0 saturated heterocycles. The Morgan fingerprint density at radius 3 is 2.90 bits per heavy atom. The zero-order chi connectivity index (χ0) is 14.1. The quantitative estimate of drug-likeness (QED) is 0.913. The first-order chi connectivity index (χ1) is 9.63. The van der Waals surface area contributed by atoms with E-state index in [1.54, 1.807) is 18.2 Å². The van der Waals surface area contributed by atoms with E-state index in [2.05, 4.69) is 5.16 Å². The number of carboxylic acids is 1. The van der Waals surface area contributed by atoms with Crippen molar-refractivity contribution in [3.63, 3.8) is 0 Å². The van der Waals surface area contributed by atoms with Gasteiger partial charge in [-0.05, 0) is 30.9 Å². The van der Waals surface area contributed by atoms with Crippen molar-refractivity contribution in [1.82, 2.24) is 5.16 Å². The molecule has 1 heterocycles. The summed E-state index contributed by atoms with van der Waals surface area (Å²) < 4.78 is 10.4. The van der Waals surface area contributed by atoms with E-state index in [9.17, 15) is 4.79 Å². The molecule has 0 spiro atoms. The number of carbonyl (C=O) groups is 1. The van der Waals surface area contributed by atoms with Gasteiger partial charge in [-0.3, -0.25) is 0 Å². The summed E-state index contributed by atoms with van der Waals surface area (Å²) in [6.07, 6.45) is 2.39. The lowest BCUT2D eigenvalue weighted by Gasteiger charge is -2.08. The van der Waals surface area contributed by atoms with Gasteiger partial charge in [0.2, 0.25) is 5.76 Å². The number of carboxylic acid groups (broad SMARTS) is 1. The standard InChI is InChI=1S/C14H12ClNO4/c15-10-4-3-9(5-12(10)19-7-8-1-2-8)11-6-13(14(17)18)20-16-11/h3-6,8H,1-2,7H2,(H,17,18). The zero-order valence-electron chi connectivity index (χ0n) is 10.5. The number of aromatic nitrogens is 1. The van der Waals surface area contributed by atoms with Crippen molar-refractivity contribution in [3.8, 4) is 17.0 Å². The summed E-state index contributed by atoms with van der Waals surface area (Å²) in [5, 5.41) is 13.1. The van der Waals surface area contributed by atoms with Crippen LogP contribution in [0.2, 0.25) is 5.02 Å². The third kappa shape index (κ3) is 2.77. The van der Waals surface area contributed by atoms with Crippen LogP contribution in [0.3, 0.4) is 0 Å². The minimum absolute atomic E-state index is 0.199. The van der Waals surface area contributed by atoms with Crippen LogP contribution >= 0.6 is 11.6 Å². The number of nitrogens with zero attached hydrogens (tertiary/aromatic N) is 1. The molecule has 0 aliphatic heterocycles. The summed E-state index contributed by atoms with van der Waals surface area (Å²) in [6.45, 7) is 0.655. The first-order valence-electron chi connectivity index (χ1n) is 6.26. The maximum Gasteiger partial charge on any atom is 0.374 e. The molecule has 1 aromatic carbocycles. The minimum Gasteiger partial charge on any atom is -0.492 e. The molecule has 0 bridgehead atoms. The predicted octanol–water partition coefficient (Wildman–Crippen LogP) is 3.48. The van der Waals surface area contributed by atoms with Crippen LogP contribution in [0.1, 0.15) is 23.4 Å². The summed E-state index contributed by atoms with van der Waals surface area (Å²) in [5.74, 6) is -0.144. The number of benzene rings is 1. The summed E-state index contributed by atoms with van der Waals surface area (Å²) in [4.78, 5) is 10.8. The van der Waals surface area contributed by atoms with Gasteiger partial charge in [-0.25, -0.2) is 4.79 Å². The molecule has 0 amide bonds. The maximum absolute atomic E-state index is 10.8. The number of halogens is 1. The van der Waals surface area contributed by atoms with Crippen LogP contribution < -0.4 is 4.74 Å². The van der Waals surface area contributed by atoms with Crippen molar-refractivity contribution in [2.45, 2.75) is 12.8 Å². The van der Waals surface area contributed by atoms with Crippen LogP contribution in [0.5, 0.6) is 5.75 Å². The smallest absolute Gasteiger partial charge is 0.374 e. The van der Waals surface area contributed by atoms with Gasteiger partial charge >= 0.3 is 5.97 Å². The van der Waals surface area contributed by atoms with E-state index in [0.717, 1.165) is 0 Å². The van der Waals surface area contributed by atoms with E-state index in [-0.39, 0.29) is 5.76 Å². The van der Waals surface area contributed by atoms with Gasteiger partial charge in [0.15, 0.2) is 0 Å². The lowest BCUT2D eigenvalue weighted by atomic mass is 10.1. The second-order valence-corrected chi connectivity index (χ2v) is 5.19. The third-order valence-corrected chi connectivity index (χ3v) is 3.43. The van der Waals surface area contributed by atoms with Gasteiger partial charge in [-0.2, -0.15) is 0 Å². The second-order valence-electron chi connectivity index (χ2n) is 4.78. The Kier molecular flexibility index (Phi) is 3.36. The van der Waals surface area contributed by atoms with E-state index in [1.807, 2.05) is 0 Å². The first kappa shape index (κ1) is 13.0. The van der Waals surface area contributed by atoms with Crippen LogP contribution in [0.15, 0.2) is 28.8 Å². The lowest BCUT2D eigenvalue weighted by molar-refractivity contribution is 0.0652. The van der Waals surface area contributed by atoms with Crippen molar-refractivity contribution >= 4 is 17.6 Å². The highest BCUT2D eigenvalue weighted by Crippen LogP contribution is 2.34. The summed E-state index contributed by atoms with van der Waals surface area (Å²) in [7, 11) is 0. The van der Waals surface area contributed by atoms with E-state index in [1.165, 1.54) is 18.9 Å². The van der Waals surface area contributed by atoms with Crippen LogP contribution in [-0.2, 0) is 0 Å². The van der Waals surface area contributed by atoms with Crippen molar-refractivity contribution < 1.29 is 19.2 Å². The largest absolute Gasteiger partial charge is 0.492 e. The highest BCUT2D eigenvalue weighted by atomic mass is 35.5. The van der Waals surface area contributed by atoms with Crippen LogP contribution in [0, 0.1) is 5.92 Å². The molecular weight excluding hydrogens is 282 g/mol. The van der Waals surface area contributed by atoms with E-state index >= 15 is 0 Å². The van der Waals surface area contributed by atoms with Gasteiger partial charge in [0.25, 0.3) is 0 Å². The average molecular weight is 294 g/mol.